The molecule has 0 aromatic heterocycles. The molecule has 3 amide bonds. The second-order valence-electron chi connectivity index (χ2n) is 7.29. The predicted molar refractivity (Wildman–Crippen MR) is 109 cm³/mol. The maximum absolute atomic E-state index is 12.6. The normalized spacial score (nSPS) is 23.2. The number of imide groups is 1. The molecule has 2 saturated heterocycles. The van der Waals surface area contributed by atoms with Gasteiger partial charge in [0.25, 0.3) is 5.91 Å². The summed E-state index contributed by atoms with van der Waals surface area (Å²) in [5.41, 5.74) is 2.27. The number of nitrogens with zero attached hydrogens (tertiary/aromatic N) is 4. The standard InChI is InChI=1S/C20H30N6O2/c1-5-25(6-2)11-10-21-19-22-17-16(18(27)23-20(28)24(17)4)26(19)13-15-9-7-8-14(3)12-15/h7-9,12,16-17H,5-6,10-11,13H2,1-4H3,(H,21,22)(H,23,27,28). The number of urea groups is 1. The van der Waals surface area contributed by atoms with Gasteiger partial charge in [-0.15, -0.1) is 0 Å². The Labute approximate surface area is 166 Å². The number of fused-ring (bicyclic) bond motifs is 1. The summed E-state index contributed by atoms with van der Waals surface area (Å²) < 4.78 is 0. The van der Waals surface area contributed by atoms with Gasteiger partial charge in [0, 0.05) is 20.1 Å². The van der Waals surface area contributed by atoms with Crippen LogP contribution in [0.1, 0.15) is 25.0 Å². The Hall–Kier alpha value is -2.61. The molecule has 1 aromatic carbocycles. The topological polar surface area (TPSA) is 80.3 Å². The van der Waals surface area contributed by atoms with Crippen molar-refractivity contribution in [3.05, 3.63) is 35.4 Å². The van der Waals surface area contributed by atoms with Gasteiger partial charge in [-0.25, -0.2) is 4.79 Å². The third-order valence-electron chi connectivity index (χ3n) is 5.43. The minimum absolute atomic E-state index is 0.290. The summed E-state index contributed by atoms with van der Waals surface area (Å²) in [4.78, 5) is 35.2. The van der Waals surface area contributed by atoms with Gasteiger partial charge in [0.15, 0.2) is 12.0 Å². The number of aliphatic imine (C=N–C) groups is 1. The first-order chi connectivity index (χ1) is 13.4. The lowest BCUT2D eigenvalue weighted by Gasteiger charge is -2.35. The van der Waals surface area contributed by atoms with Gasteiger partial charge < -0.3 is 20.0 Å². The first kappa shape index (κ1) is 20.1. The molecule has 0 bridgehead atoms. The van der Waals surface area contributed by atoms with Crippen LogP contribution in [0, 0.1) is 6.92 Å². The Kier molecular flexibility index (Phi) is 6.18. The van der Waals surface area contributed by atoms with E-state index in [-0.39, 0.29) is 5.91 Å². The van der Waals surface area contributed by atoms with E-state index < -0.39 is 18.2 Å². The zero-order chi connectivity index (χ0) is 20.3. The molecule has 2 N–H and O–H groups in total. The van der Waals surface area contributed by atoms with Gasteiger partial charge in [0.05, 0.1) is 6.54 Å². The number of guanidine groups is 1. The van der Waals surface area contributed by atoms with E-state index in [0.29, 0.717) is 19.0 Å². The number of carbonyl (C=O) groups excluding carboxylic acids is 2. The summed E-state index contributed by atoms with van der Waals surface area (Å²) in [5, 5.41) is 5.74. The molecule has 2 unspecified atom stereocenters. The van der Waals surface area contributed by atoms with E-state index in [1.165, 1.54) is 10.5 Å². The van der Waals surface area contributed by atoms with Crippen molar-refractivity contribution in [1.29, 1.82) is 0 Å². The third kappa shape index (κ3) is 4.11. The summed E-state index contributed by atoms with van der Waals surface area (Å²) in [7, 11) is 1.69. The molecule has 2 aliphatic heterocycles. The molecular weight excluding hydrogens is 356 g/mol. The number of aryl methyl sites for hydroxylation is 1. The van der Waals surface area contributed by atoms with Crippen LogP contribution in [-0.2, 0) is 11.3 Å². The van der Waals surface area contributed by atoms with Crippen LogP contribution in [-0.4, -0.2) is 78.0 Å². The first-order valence-corrected chi connectivity index (χ1v) is 9.87. The average Bonchev–Trinajstić information content (AvgIpc) is 3.02. The minimum Gasteiger partial charge on any atom is -0.333 e. The van der Waals surface area contributed by atoms with Gasteiger partial charge in [-0.3, -0.25) is 15.1 Å². The van der Waals surface area contributed by atoms with Gasteiger partial charge in [-0.2, -0.15) is 0 Å². The number of nitrogens with one attached hydrogen (secondary N) is 2. The highest BCUT2D eigenvalue weighted by Gasteiger charge is 2.49. The summed E-state index contributed by atoms with van der Waals surface area (Å²) >= 11 is 0. The van der Waals surface area contributed by atoms with Crippen LogP contribution in [0.4, 0.5) is 4.79 Å². The molecular formula is C20H30N6O2. The van der Waals surface area contributed by atoms with Crippen LogP contribution in [0.25, 0.3) is 0 Å². The number of benzene rings is 1. The highest BCUT2D eigenvalue weighted by molar-refractivity contribution is 6.04. The Balaban J connectivity index is 1.85. The number of hydrogen-bond donors (Lipinski definition) is 2. The van der Waals surface area contributed by atoms with E-state index in [4.69, 9.17) is 4.99 Å². The lowest BCUT2D eigenvalue weighted by atomic mass is 10.1. The van der Waals surface area contributed by atoms with E-state index >= 15 is 0 Å². The Morgan fingerprint density at radius 1 is 1.21 bits per heavy atom. The van der Waals surface area contributed by atoms with E-state index in [1.54, 1.807) is 7.05 Å². The number of likely N-dealkylation sites (N-methyl/N-ethyl adjacent to an activating group) is 2. The van der Waals surface area contributed by atoms with Crippen LogP contribution in [0.5, 0.6) is 0 Å². The van der Waals surface area contributed by atoms with E-state index in [2.05, 4.69) is 35.4 Å². The van der Waals surface area contributed by atoms with Crippen LogP contribution in [0.15, 0.2) is 29.3 Å². The maximum Gasteiger partial charge on any atom is 0.325 e. The van der Waals surface area contributed by atoms with Crippen molar-refractivity contribution >= 4 is 17.9 Å². The zero-order valence-corrected chi connectivity index (χ0v) is 17.1. The molecule has 1 aromatic rings. The molecule has 0 radical (unpaired) electrons. The van der Waals surface area contributed by atoms with Crippen LogP contribution in [0.3, 0.4) is 0 Å². The monoisotopic (exact) mass is 386 g/mol. The summed E-state index contributed by atoms with van der Waals surface area (Å²) in [6.07, 6.45) is -0.418. The first-order valence-electron chi connectivity index (χ1n) is 9.87. The smallest absolute Gasteiger partial charge is 0.325 e. The molecule has 0 spiro atoms. The van der Waals surface area contributed by atoms with Crippen molar-refractivity contribution in [2.24, 2.45) is 4.99 Å². The molecule has 8 nitrogen and oxygen atoms in total. The third-order valence-corrected chi connectivity index (χ3v) is 5.43. The Bertz CT molecular complexity index is 761. The predicted octanol–water partition coefficient (Wildman–Crippen LogP) is 0.974. The van der Waals surface area contributed by atoms with Crippen LogP contribution >= 0.6 is 0 Å². The minimum atomic E-state index is -0.504. The van der Waals surface area contributed by atoms with Gasteiger partial charge in [0.2, 0.25) is 0 Å². The highest BCUT2D eigenvalue weighted by atomic mass is 16.2. The molecule has 2 fully saturated rings. The molecule has 152 valence electrons. The fourth-order valence-electron chi connectivity index (χ4n) is 3.74. The maximum atomic E-state index is 12.6. The number of amides is 3. The Morgan fingerprint density at radius 2 is 1.96 bits per heavy atom. The van der Waals surface area contributed by atoms with Gasteiger partial charge in [-0.05, 0) is 25.6 Å². The fraction of sp³-hybridized carbons (Fsp3) is 0.550. The van der Waals surface area contributed by atoms with E-state index in [1.807, 2.05) is 30.0 Å². The number of carbonyl (C=O) groups is 2. The molecule has 2 heterocycles. The largest absolute Gasteiger partial charge is 0.333 e. The van der Waals surface area contributed by atoms with Gasteiger partial charge in [0.1, 0.15) is 6.17 Å². The van der Waals surface area contributed by atoms with Crippen molar-refractivity contribution in [1.82, 2.24) is 25.3 Å². The number of rotatable bonds is 7. The van der Waals surface area contributed by atoms with Gasteiger partial charge in [-0.1, -0.05) is 43.7 Å². The molecule has 0 aliphatic carbocycles. The van der Waals surface area contributed by atoms with Crippen molar-refractivity contribution in [2.45, 2.75) is 39.5 Å². The number of hydrogen-bond acceptors (Lipinski definition) is 4. The second-order valence-corrected chi connectivity index (χ2v) is 7.29. The molecule has 2 aliphatic rings. The van der Waals surface area contributed by atoms with Crippen LogP contribution in [0.2, 0.25) is 0 Å². The zero-order valence-electron chi connectivity index (χ0n) is 17.1. The molecule has 3 rings (SSSR count). The summed E-state index contributed by atoms with van der Waals surface area (Å²) in [6.45, 7) is 10.3. The molecule has 8 heteroatoms. The summed E-state index contributed by atoms with van der Waals surface area (Å²) in [5.74, 6) is 0.377. The quantitative estimate of drug-likeness (QED) is 0.730. The Morgan fingerprint density at radius 3 is 2.64 bits per heavy atom. The van der Waals surface area contributed by atoms with Crippen LogP contribution < -0.4 is 10.6 Å². The molecule has 28 heavy (non-hydrogen) atoms. The van der Waals surface area contributed by atoms with Crippen molar-refractivity contribution in [3.63, 3.8) is 0 Å². The van der Waals surface area contributed by atoms with E-state index in [9.17, 15) is 9.59 Å². The van der Waals surface area contributed by atoms with Crippen molar-refractivity contribution in [2.75, 3.05) is 33.2 Å². The van der Waals surface area contributed by atoms with Crippen molar-refractivity contribution in [3.8, 4) is 0 Å². The lowest BCUT2D eigenvalue weighted by Crippen LogP contribution is -2.64. The average molecular weight is 387 g/mol. The van der Waals surface area contributed by atoms with E-state index in [0.717, 1.165) is 25.2 Å². The highest BCUT2D eigenvalue weighted by Crippen LogP contribution is 2.23. The SMILES string of the molecule is CCN(CC)CCN=C1NC2C(C(=O)NC(=O)N2C)N1Cc1cccc(C)c1. The molecule has 0 saturated carbocycles. The lowest BCUT2D eigenvalue weighted by molar-refractivity contribution is -0.127. The fourth-order valence-corrected chi connectivity index (χ4v) is 3.74. The second kappa shape index (κ2) is 8.60. The summed E-state index contributed by atoms with van der Waals surface area (Å²) in [6, 6.07) is 7.32. The molecule has 2 atom stereocenters. The van der Waals surface area contributed by atoms with Crippen molar-refractivity contribution < 1.29 is 9.59 Å². The van der Waals surface area contributed by atoms with Gasteiger partial charge >= 0.3 is 6.03 Å².